The van der Waals surface area contributed by atoms with E-state index in [1.807, 2.05) is 0 Å². The monoisotopic (exact) mass is 258 g/mol. The summed E-state index contributed by atoms with van der Waals surface area (Å²) in [7, 11) is 0.883. The van der Waals surface area contributed by atoms with Gasteiger partial charge in [-0.15, -0.1) is 0 Å². The smallest absolute Gasteiger partial charge is 0.146 e. The van der Waals surface area contributed by atoms with Crippen molar-refractivity contribution in [2.24, 2.45) is 11.8 Å². The van der Waals surface area contributed by atoms with Crippen LogP contribution >= 0.6 is 0 Å². The van der Waals surface area contributed by atoms with E-state index in [0.717, 1.165) is 22.3 Å². The Bertz CT molecular complexity index is 166. The van der Waals surface area contributed by atoms with Crippen LogP contribution in [0.25, 0.3) is 0 Å². The summed E-state index contributed by atoms with van der Waals surface area (Å²) in [5, 5.41) is 0. The van der Waals surface area contributed by atoms with Gasteiger partial charge >= 0.3 is 0 Å². The van der Waals surface area contributed by atoms with Crippen molar-refractivity contribution in [1.29, 1.82) is 0 Å². The molecule has 0 aliphatic carbocycles. The summed E-state index contributed by atoms with van der Waals surface area (Å²) in [6.07, 6.45) is 9.02. The van der Waals surface area contributed by atoms with Crippen LogP contribution in [0.2, 0.25) is 0 Å². The van der Waals surface area contributed by atoms with E-state index in [1.165, 1.54) is 44.9 Å². The maximum atomic E-state index is 6.08. The van der Waals surface area contributed by atoms with E-state index in [9.17, 15) is 0 Å². The average molecular weight is 259 g/mol. The first kappa shape index (κ1) is 17.2. The fourth-order valence-electron chi connectivity index (χ4n) is 2.28. The van der Waals surface area contributed by atoms with Crippen LogP contribution in [0.15, 0.2) is 0 Å². The van der Waals surface area contributed by atoms with E-state index in [1.54, 1.807) is 0 Å². The van der Waals surface area contributed by atoms with Crippen molar-refractivity contribution in [3.63, 3.8) is 0 Å². The molecule has 1 nitrogen and oxygen atoms in total. The first-order valence-electron chi connectivity index (χ1n) is 7.51. The van der Waals surface area contributed by atoms with Crippen LogP contribution in [0.1, 0.15) is 79.6 Å². The number of hydrogen-bond donors (Lipinski definition) is 0. The zero-order valence-electron chi connectivity index (χ0n) is 13.0. The van der Waals surface area contributed by atoms with Crippen LogP contribution < -0.4 is 0 Å². The molecule has 0 N–H and O–H groups in total. The molecule has 0 amide bonds. The highest BCUT2D eigenvalue weighted by Gasteiger charge is 2.28. The van der Waals surface area contributed by atoms with E-state index in [-0.39, 0.29) is 5.60 Å². The Morgan fingerprint density at radius 3 is 1.71 bits per heavy atom. The SMILES string of the molecule is CCCCC(CCC(C)C)(CCC(C)C)O[SiH3]. The Morgan fingerprint density at radius 2 is 1.41 bits per heavy atom. The molecule has 0 aromatic carbocycles. The molecule has 0 heterocycles. The third kappa shape index (κ3) is 7.99. The Kier molecular flexibility index (Phi) is 9.25. The molecule has 0 aromatic heterocycles. The Morgan fingerprint density at radius 1 is 0.941 bits per heavy atom. The van der Waals surface area contributed by atoms with E-state index in [2.05, 4.69) is 34.6 Å². The van der Waals surface area contributed by atoms with Gasteiger partial charge in [0.25, 0.3) is 0 Å². The standard InChI is InChI=1S/C15H34OSi/c1-6-7-10-15(16-17,11-8-13(2)3)12-9-14(4)5/h13-14H,6-12H2,1-5,17H3. The lowest BCUT2D eigenvalue weighted by atomic mass is 9.83. The van der Waals surface area contributed by atoms with Crippen molar-refractivity contribution in [2.75, 3.05) is 0 Å². The van der Waals surface area contributed by atoms with Gasteiger partial charge in [-0.05, 0) is 43.9 Å². The van der Waals surface area contributed by atoms with Crippen molar-refractivity contribution in [2.45, 2.75) is 85.2 Å². The van der Waals surface area contributed by atoms with Crippen LogP contribution in [0.5, 0.6) is 0 Å². The highest BCUT2D eigenvalue weighted by atomic mass is 28.2. The minimum atomic E-state index is 0.219. The molecule has 0 atom stereocenters. The van der Waals surface area contributed by atoms with Crippen LogP contribution in [0.3, 0.4) is 0 Å². The van der Waals surface area contributed by atoms with Gasteiger partial charge < -0.3 is 4.43 Å². The van der Waals surface area contributed by atoms with E-state index < -0.39 is 0 Å². The summed E-state index contributed by atoms with van der Waals surface area (Å²) >= 11 is 0. The summed E-state index contributed by atoms with van der Waals surface area (Å²) in [6.45, 7) is 11.6. The van der Waals surface area contributed by atoms with E-state index in [0.29, 0.717) is 0 Å². The van der Waals surface area contributed by atoms with Gasteiger partial charge in [0.2, 0.25) is 0 Å². The summed E-state index contributed by atoms with van der Waals surface area (Å²) in [4.78, 5) is 0. The normalized spacial score (nSPS) is 12.9. The minimum Gasteiger partial charge on any atom is -0.422 e. The maximum Gasteiger partial charge on any atom is 0.146 e. The van der Waals surface area contributed by atoms with Crippen LogP contribution in [0.4, 0.5) is 0 Å². The summed E-state index contributed by atoms with van der Waals surface area (Å²) in [5.74, 6) is 1.60. The number of rotatable bonds is 10. The molecule has 104 valence electrons. The quantitative estimate of drug-likeness (QED) is 0.536. The molecule has 0 bridgehead atoms. The van der Waals surface area contributed by atoms with Crippen LogP contribution in [-0.4, -0.2) is 16.1 Å². The number of hydrogen-bond acceptors (Lipinski definition) is 1. The highest BCUT2D eigenvalue weighted by Crippen LogP contribution is 2.32. The lowest BCUT2D eigenvalue weighted by molar-refractivity contribution is 0.0375. The third-order valence-corrected chi connectivity index (χ3v) is 4.64. The molecule has 17 heavy (non-hydrogen) atoms. The molecule has 0 aliphatic rings. The van der Waals surface area contributed by atoms with Crippen LogP contribution in [-0.2, 0) is 4.43 Å². The second kappa shape index (κ2) is 9.15. The molecule has 0 saturated heterocycles. The zero-order valence-corrected chi connectivity index (χ0v) is 15.0. The second-order valence-corrected chi connectivity index (χ2v) is 6.76. The van der Waals surface area contributed by atoms with Gasteiger partial charge in [0.15, 0.2) is 0 Å². The lowest BCUT2D eigenvalue weighted by Crippen LogP contribution is -2.33. The van der Waals surface area contributed by atoms with Gasteiger partial charge in [-0.2, -0.15) is 0 Å². The van der Waals surface area contributed by atoms with E-state index >= 15 is 0 Å². The van der Waals surface area contributed by atoms with Gasteiger partial charge in [0.1, 0.15) is 10.5 Å². The largest absolute Gasteiger partial charge is 0.422 e. The second-order valence-electron chi connectivity index (χ2n) is 6.36. The van der Waals surface area contributed by atoms with Gasteiger partial charge in [0, 0.05) is 0 Å². The molecule has 0 aromatic rings. The third-order valence-electron chi connectivity index (χ3n) is 3.77. The van der Waals surface area contributed by atoms with Crippen molar-refractivity contribution in [3.05, 3.63) is 0 Å². The van der Waals surface area contributed by atoms with Gasteiger partial charge in [-0.25, -0.2) is 0 Å². The van der Waals surface area contributed by atoms with Crippen molar-refractivity contribution in [3.8, 4) is 0 Å². The Hall–Kier alpha value is 0.177. The fourth-order valence-corrected chi connectivity index (χ4v) is 2.90. The predicted molar refractivity (Wildman–Crippen MR) is 81.4 cm³/mol. The van der Waals surface area contributed by atoms with Gasteiger partial charge in [0.05, 0.1) is 5.60 Å². The van der Waals surface area contributed by atoms with Crippen molar-refractivity contribution < 1.29 is 4.43 Å². The summed E-state index contributed by atoms with van der Waals surface area (Å²) in [5.41, 5.74) is 0.219. The molecular formula is C15H34OSi. The Balaban J connectivity index is 4.38. The highest BCUT2D eigenvalue weighted by molar-refractivity contribution is 5.98. The molecule has 0 saturated carbocycles. The first-order valence-corrected chi connectivity index (χ1v) is 8.32. The average Bonchev–Trinajstić information content (AvgIpc) is 2.28. The molecular weight excluding hydrogens is 224 g/mol. The molecule has 0 aliphatic heterocycles. The number of unbranched alkanes of at least 4 members (excludes halogenated alkanes) is 1. The van der Waals surface area contributed by atoms with Crippen molar-refractivity contribution in [1.82, 2.24) is 0 Å². The summed E-state index contributed by atoms with van der Waals surface area (Å²) in [6, 6.07) is 0. The van der Waals surface area contributed by atoms with Crippen LogP contribution in [0, 0.1) is 11.8 Å². The molecule has 2 heteroatoms. The molecule has 0 radical (unpaired) electrons. The van der Waals surface area contributed by atoms with E-state index in [4.69, 9.17) is 4.43 Å². The molecule has 0 rings (SSSR count). The summed E-state index contributed by atoms with van der Waals surface area (Å²) < 4.78 is 6.08. The first-order chi connectivity index (χ1) is 7.95. The predicted octanol–water partition coefficient (Wildman–Crippen LogP) is 4.08. The van der Waals surface area contributed by atoms with Crippen molar-refractivity contribution >= 4 is 10.5 Å². The van der Waals surface area contributed by atoms with Gasteiger partial charge in [-0.1, -0.05) is 47.5 Å². The molecule has 0 unspecified atom stereocenters. The maximum absolute atomic E-state index is 6.08. The minimum absolute atomic E-state index is 0.219. The zero-order chi connectivity index (χ0) is 13.3. The van der Waals surface area contributed by atoms with Gasteiger partial charge in [-0.3, -0.25) is 0 Å². The Labute approximate surface area is 112 Å². The fraction of sp³-hybridized carbons (Fsp3) is 1.00. The lowest BCUT2D eigenvalue weighted by Gasteiger charge is -2.35. The molecule has 0 spiro atoms. The molecule has 0 fully saturated rings. The topological polar surface area (TPSA) is 9.23 Å².